The number of hydrogen-bond donors (Lipinski definition) is 3. The van der Waals surface area contributed by atoms with Gasteiger partial charge in [0.2, 0.25) is 5.91 Å². The lowest BCUT2D eigenvalue weighted by atomic mass is 10.0. The molecule has 0 spiro atoms. The molecule has 0 aliphatic carbocycles. The Kier molecular flexibility index (Phi) is 11.0. The number of fused-ring (bicyclic) bond motifs is 1. The highest BCUT2D eigenvalue weighted by Crippen LogP contribution is 2.28. The van der Waals surface area contributed by atoms with Crippen LogP contribution in [0, 0.1) is 6.92 Å². The summed E-state index contributed by atoms with van der Waals surface area (Å²) in [5, 5.41) is 4.02. The van der Waals surface area contributed by atoms with Crippen LogP contribution in [-0.2, 0) is 25.5 Å². The highest BCUT2D eigenvalue weighted by molar-refractivity contribution is 5.98. The normalized spacial score (nSPS) is 12.1. The second-order valence-corrected chi connectivity index (χ2v) is 10.9. The molecule has 2 aromatic heterocycles. The van der Waals surface area contributed by atoms with Gasteiger partial charge in [-0.25, -0.2) is 19.6 Å². The monoisotopic (exact) mass is 641 g/mol. The van der Waals surface area contributed by atoms with Crippen LogP contribution in [0.25, 0.3) is 22.2 Å². The maximum absolute atomic E-state index is 13.4. The van der Waals surface area contributed by atoms with Crippen molar-refractivity contribution in [2.24, 2.45) is 0 Å². The molecule has 10 nitrogen and oxygen atoms in total. The zero-order valence-corrected chi connectivity index (χ0v) is 25.7. The van der Waals surface area contributed by atoms with Crippen molar-refractivity contribution >= 4 is 34.5 Å². The molecule has 13 heteroatoms. The Labute approximate surface area is 263 Å². The first kappa shape index (κ1) is 33.9. The van der Waals surface area contributed by atoms with Crippen LogP contribution in [0.3, 0.4) is 0 Å². The number of H-pyrrole nitrogens is 3. The number of alkyl halides is 3. The Hall–Kier alpha value is -4.94. The zero-order chi connectivity index (χ0) is 33.4. The predicted molar refractivity (Wildman–Crippen MR) is 162 cm³/mol. The number of benzene rings is 2. The van der Waals surface area contributed by atoms with E-state index in [9.17, 15) is 32.3 Å². The summed E-state index contributed by atoms with van der Waals surface area (Å²) in [5.41, 5.74) is 3.58. The van der Waals surface area contributed by atoms with Crippen LogP contribution in [0.5, 0.6) is 5.75 Å². The molecule has 4 rings (SSSR count). The molecule has 0 radical (unpaired) electrons. The molecule has 4 aromatic rings. The second kappa shape index (κ2) is 14.9. The molecule has 0 saturated carbocycles. The number of unbranched alkanes of at least 4 members (excludes halogenated alkanes) is 2. The number of esters is 2. The van der Waals surface area contributed by atoms with Crippen molar-refractivity contribution in [2.45, 2.75) is 71.0 Å². The van der Waals surface area contributed by atoms with Crippen LogP contribution in [-0.4, -0.2) is 46.9 Å². The fraction of sp³-hybridized carbons (Fsp3) is 0.364. The SMILES string of the molecule is CCC(=O)CCCCC[C@H](NC(=O)Cc1c(C)[nH]c2ccc(OC)cc12)c1[nH]c(-c2ccc(C(=O)OC(=O)C(F)(F)F)cc2)c[nH+]1. The number of carbonyl (C=O) groups is 4. The molecule has 0 fully saturated rings. The minimum Gasteiger partial charge on any atom is -0.497 e. The van der Waals surface area contributed by atoms with Crippen LogP contribution in [0.4, 0.5) is 13.2 Å². The van der Waals surface area contributed by atoms with Gasteiger partial charge in [-0.3, -0.25) is 9.59 Å². The number of ether oxygens (including phenoxy) is 2. The van der Waals surface area contributed by atoms with E-state index in [-0.39, 0.29) is 23.7 Å². The predicted octanol–water partition coefficient (Wildman–Crippen LogP) is 5.87. The van der Waals surface area contributed by atoms with E-state index in [1.54, 1.807) is 13.3 Å². The molecule has 0 unspecified atom stereocenters. The summed E-state index contributed by atoms with van der Waals surface area (Å²) < 4.78 is 46.6. The summed E-state index contributed by atoms with van der Waals surface area (Å²) in [6, 6.07) is 10.7. The van der Waals surface area contributed by atoms with E-state index in [2.05, 4.69) is 25.0 Å². The molecule has 1 atom stereocenters. The summed E-state index contributed by atoms with van der Waals surface area (Å²) in [6.07, 6.45) is 0.436. The van der Waals surface area contributed by atoms with Crippen molar-refractivity contribution in [2.75, 3.05) is 7.11 Å². The van der Waals surface area contributed by atoms with Gasteiger partial charge in [0.15, 0.2) is 5.69 Å². The van der Waals surface area contributed by atoms with Gasteiger partial charge in [0.1, 0.15) is 23.8 Å². The third-order valence-corrected chi connectivity index (χ3v) is 7.68. The van der Waals surface area contributed by atoms with Crippen molar-refractivity contribution in [1.82, 2.24) is 15.3 Å². The molecule has 4 N–H and O–H groups in total. The highest BCUT2D eigenvalue weighted by Gasteiger charge is 2.42. The van der Waals surface area contributed by atoms with E-state index in [0.717, 1.165) is 41.4 Å². The Bertz CT molecular complexity index is 1710. The van der Waals surface area contributed by atoms with Gasteiger partial charge < -0.3 is 19.8 Å². The molecule has 2 heterocycles. The third kappa shape index (κ3) is 8.61. The molecule has 1 amide bonds. The van der Waals surface area contributed by atoms with Crippen molar-refractivity contribution in [3.8, 4) is 17.0 Å². The number of amides is 1. The quantitative estimate of drug-likeness (QED) is 0.0893. The lowest BCUT2D eigenvalue weighted by Gasteiger charge is -2.14. The fourth-order valence-electron chi connectivity index (χ4n) is 5.13. The van der Waals surface area contributed by atoms with E-state index in [1.807, 2.05) is 32.0 Å². The van der Waals surface area contributed by atoms with Gasteiger partial charge in [-0.1, -0.05) is 19.8 Å². The van der Waals surface area contributed by atoms with Crippen molar-refractivity contribution in [1.29, 1.82) is 0 Å². The van der Waals surface area contributed by atoms with Gasteiger partial charge >= 0.3 is 18.1 Å². The van der Waals surface area contributed by atoms with E-state index in [4.69, 9.17) is 4.74 Å². The van der Waals surface area contributed by atoms with Crippen LogP contribution in [0.15, 0.2) is 48.7 Å². The summed E-state index contributed by atoms with van der Waals surface area (Å²) in [6.45, 7) is 3.75. The van der Waals surface area contributed by atoms with Crippen LogP contribution in [0.1, 0.15) is 78.9 Å². The van der Waals surface area contributed by atoms with Crippen LogP contribution < -0.4 is 15.0 Å². The number of nitrogens with one attached hydrogen (secondary N) is 4. The molecule has 0 saturated heterocycles. The van der Waals surface area contributed by atoms with E-state index in [0.29, 0.717) is 42.1 Å². The number of aromatic amines is 3. The minimum absolute atomic E-state index is 0.127. The Balaban J connectivity index is 1.49. The Morgan fingerprint density at radius 1 is 1.00 bits per heavy atom. The molecular formula is C33H36F3N4O6+. The van der Waals surface area contributed by atoms with Gasteiger partial charge in [0, 0.05) is 35.0 Å². The Morgan fingerprint density at radius 2 is 1.74 bits per heavy atom. The van der Waals surface area contributed by atoms with E-state index in [1.165, 1.54) is 24.3 Å². The van der Waals surface area contributed by atoms with E-state index < -0.39 is 24.2 Å². The van der Waals surface area contributed by atoms with Gasteiger partial charge in [-0.15, -0.1) is 0 Å². The molecule has 244 valence electrons. The van der Waals surface area contributed by atoms with Crippen molar-refractivity contribution in [3.05, 3.63) is 71.3 Å². The summed E-state index contributed by atoms with van der Waals surface area (Å²) in [5.74, 6) is -2.69. The maximum atomic E-state index is 13.4. The fourth-order valence-corrected chi connectivity index (χ4v) is 5.13. The topological polar surface area (TPSA) is 144 Å². The van der Waals surface area contributed by atoms with Crippen LogP contribution >= 0.6 is 0 Å². The number of carbonyl (C=O) groups excluding carboxylic acids is 4. The first-order valence-corrected chi connectivity index (χ1v) is 14.9. The smallest absolute Gasteiger partial charge is 0.491 e. The summed E-state index contributed by atoms with van der Waals surface area (Å²) >= 11 is 0. The molecular weight excluding hydrogens is 605 g/mol. The maximum Gasteiger partial charge on any atom is 0.491 e. The highest BCUT2D eigenvalue weighted by atomic mass is 19.4. The number of aromatic nitrogens is 3. The first-order chi connectivity index (χ1) is 21.9. The molecule has 0 aliphatic rings. The van der Waals surface area contributed by atoms with Gasteiger partial charge in [0.05, 0.1) is 19.1 Å². The standard InChI is InChI=1S/C33H35F3N4O6/c1-4-22(41)8-6-5-7-9-27(39-29(42)17-24-19(2)38-26-15-14-23(45-3)16-25(24)26)30-37-18-28(40-30)20-10-12-21(13-11-20)31(43)46-32(44)33(34,35)36/h10-16,18,27,38H,4-9,17H2,1-3H3,(H,37,40)(H,39,42)/p+1/t27-/m0/s1. The number of Topliss-reactive ketones (excluding diaryl/α,β-unsaturated/α-hetero) is 1. The van der Waals surface area contributed by atoms with Gasteiger partial charge in [-0.2, -0.15) is 13.2 Å². The number of methoxy groups -OCH3 is 1. The average molecular weight is 642 g/mol. The number of imidazole rings is 1. The number of hydrogen-bond acceptors (Lipinski definition) is 6. The molecule has 46 heavy (non-hydrogen) atoms. The van der Waals surface area contributed by atoms with Gasteiger partial charge in [0.25, 0.3) is 5.82 Å². The number of aryl methyl sites for hydroxylation is 1. The van der Waals surface area contributed by atoms with E-state index >= 15 is 0 Å². The number of ketones is 1. The number of halogens is 3. The second-order valence-electron chi connectivity index (χ2n) is 10.9. The molecule has 2 aromatic carbocycles. The molecule has 0 aliphatic heterocycles. The minimum atomic E-state index is -5.28. The van der Waals surface area contributed by atoms with Crippen molar-refractivity contribution < 1.29 is 46.8 Å². The Morgan fingerprint density at radius 3 is 2.41 bits per heavy atom. The average Bonchev–Trinajstić information content (AvgIpc) is 3.64. The first-order valence-electron chi connectivity index (χ1n) is 14.9. The third-order valence-electron chi connectivity index (χ3n) is 7.68. The van der Waals surface area contributed by atoms with Crippen LogP contribution in [0.2, 0.25) is 0 Å². The zero-order valence-electron chi connectivity index (χ0n) is 25.7. The van der Waals surface area contributed by atoms with Gasteiger partial charge in [-0.05, 0) is 67.8 Å². The lowest BCUT2D eigenvalue weighted by molar-refractivity contribution is -0.391. The molecule has 0 bridgehead atoms. The summed E-state index contributed by atoms with van der Waals surface area (Å²) in [4.78, 5) is 57.8. The number of rotatable bonds is 14. The largest absolute Gasteiger partial charge is 0.497 e. The lowest BCUT2D eigenvalue weighted by Crippen LogP contribution is -2.33. The summed E-state index contributed by atoms with van der Waals surface area (Å²) in [7, 11) is 1.58. The van der Waals surface area contributed by atoms with Crippen molar-refractivity contribution in [3.63, 3.8) is 0 Å².